The molecule has 0 aromatic heterocycles. The molecule has 4 aliphatic rings. The van der Waals surface area contributed by atoms with Crippen molar-refractivity contribution >= 4 is 21.7 Å². The molecule has 1 saturated carbocycles. The molecule has 0 spiro atoms. The summed E-state index contributed by atoms with van der Waals surface area (Å²) in [5.74, 6) is -2.43. The Morgan fingerprint density at radius 1 is 1.02 bits per heavy atom. The summed E-state index contributed by atoms with van der Waals surface area (Å²) in [6.07, 6.45) is -3.30. The third-order valence-corrected chi connectivity index (χ3v) is 7.74. The van der Waals surface area contributed by atoms with E-state index in [0.29, 0.717) is 5.70 Å². The number of alkyl halides is 2. The van der Waals surface area contributed by atoms with Gasteiger partial charge >= 0.3 is 6.29 Å². The number of hydrogen-bond acceptors (Lipinski definition) is 9. The van der Waals surface area contributed by atoms with E-state index < -0.39 is 63.5 Å². The maximum atomic E-state index is 14.0. The molecule has 2 bridgehead atoms. The van der Waals surface area contributed by atoms with Gasteiger partial charge in [-0.2, -0.15) is 0 Å². The molecule has 6 rings (SSSR count). The number of benzene rings is 2. The fraction of sp³-hybridized carbons (Fsp3) is 0.360. The van der Waals surface area contributed by atoms with Crippen LogP contribution in [0.1, 0.15) is 19.3 Å². The number of ether oxygens (including phenoxy) is 4. The van der Waals surface area contributed by atoms with Gasteiger partial charge in [0.05, 0.1) is 11.6 Å². The Morgan fingerprint density at radius 3 is 2.30 bits per heavy atom. The highest BCUT2D eigenvalue weighted by atomic mass is 32.2. The zero-order valence-corrected chi connectivity index (χ0v) is 21.6. The summed E-state index contributed by atoms with van der Waals surface area (Å²) in [5.41, 5.74) is 0.375. The quantitative estimate of drug-likeness (QED) is 0.401. The summed E-state index contributed by atoms with van der Waals surface area (Å²) in [6.45, 7) is -0.933. The summed E-state index contributed by atoms with van der Waals surface area (Å²) < 4.78 is 82.6. The smallest absolute Gasteiger partial charge is 0.484 e. The van der Waals surface area contributed by atoms with Crippen LogP contribution in [0, 0.1) is 5.82 Å². The predicted molar refractivity (Wildman–Crippen MR) is 129 cm³/mol. The predicted octanol–water partition coefficient (Wildman–Crippen LogP) is 1.79. The molecule has 2 aromatic carbocycles. The van der Waals surface area contributed by atoms with Crippen LogP contribution in [-0.2, 0) is 19.4 Å². The van der Waals surface area contributed by atoms with Crippen LogP contribution in [0.4, 0.5) is 13.2 Å². The van der Waals surface area contributed by atoms with E-state index in [1.54, 1.807) is 0 Å². The summed E-state index contributed by atoms with van der Waals surface area (Å²) in [4.78, 5) is 24.4. The van der Waals surface area contributed by atoms with Crippen LogP contribution in [0.25, 0.3) is 0 Å². The van der Waals surface area contributed by atoms with Crippen molar-refractivity contribution in [1.82, 2.24) is 10.6 Å². The zero-order valence-electron chi connectivity index (χ0n) is 20.8. The highest BCUT2D eigenvalue weighted by molar-refractivity contribution is 7.90. The standard InChI is InChI=1S/C25H23F3N2O9S/c1-40(34,35)20-5-3-14(6-16(20)26)36-11-22(32)29-17-8-21(31)24(9-13(17)10-24)30-23(33)12-37-15-2-4-18-19(7-15)39-25(27,28)38-18/h2-7,21,31H,8-12H2,1H3,(H,29,32)(H,30,33)/t21-/m0/s1. The fourth-order valence-electron chi connectivity index (χ4n) is 4.71. The molecular formula is C25H23F3N2O9S. The van der Waals surface area contributed by atoms with Gasteiger partial charge in [0.25, 0.3) is 11.8 Å². The number of aliphatic hydroxyl groups is 1. The van der Waals surface area contributed by atoms with Crippen LogP contribution < -0.4 is 29.6 Å². The largest absolute Gasteiger partial charge is 0.586 e. The minimum absolute atomic E-state index is 0.0346. The monoisotopic (exact) mass is 584 g/mol. The van der Waals surface area contributed by atoms with Crippen LogP contribution in [-0.4, -0.2) is 62.7 Å². The van der Waals surface area contributed by atoms with Crippen molar-refractivity contribution in [3.63, 3.8) is 0 Å². The average Bonchev–Trinajstić information content (AvgIpc) is 3.14. The number of aliphatic hydroxyl groups excluding tert-OH is 1. The average molecular weight is 585 g/mol. The highest BCUT2D eigenvalue weighted by Gasteiger charge is 2.52. The lowest BCUT2D eigenvalue weighted by atomic mass is 9.62. The van der Waals surface area contributed by atoms with E-state index in [-0.39, 0.29) is 42.3 Å². The second-order valence-electron chi connectivity index (χ2n) is 9.63. The van der Waals surface area contributed by atoms with Crippen molar-refractivity contribution in [2.24, 2.45) is 0 Å². The number of hydrogen-bond donors (Lipinski definition) is 3. The van der Waals surface area contributed by atoms with Crippen molar-refractivity contribution in [3.8, 4) is 23.0 Å². The third-order valence-electron chi connectivity index (χ3n) is 6.61. The van der Waals surface area contributed by atoms with Gasteiger partial charge in [0.2, 0.25) is 0 Å². The van der Waals surface area contributed by atoms with Crippen LogP contribution >= 0.6 is 0 Å². The van der Waals surface area contributed by atoms with Crippen molar-refractivity contribution in [2.75, 3.05) is 19.5 Å². The molecule has 3 aliphatic carbocycles. The van der Waals surface area contributed by atoms with E-state index in [0.717, 1.165) is 24.0 Å². The number of amides is 2. The van der Waals surface area contributed by atoms with Crippen LogP contribution in [0.15, 0.2) is 52.6 Å². The number of halogens is 3. The van der Waals surface area contributed by atoms with E-state index in [2.05, 4.69) is 20.1 Å². The minimum Gasteiger partial charge on any atom is -0.484 e. The van der Waals surface area contributed by atoms with Crippen molar-refractivity contribution in [1.29, 1.82) is 0 Å². The molecule has 0 radical (unpaired) electrons. The van der Waals surface area contributed by atoms with E-state index in [1.165, 1.54) is 24.3 Å². The molecule has 11 nitrogen and oxygen atoms in total. The molecule has 214 valence electrons. The fourth-order valence-corrected chi connectivity index (χ4v) is 5.44. The van der Waals surface area contributed by atoms with Crippen molar-refractivity contribution in [2.45, 2.75) is 42.1 Å². The van der Waals surface area contributed by atoms with Gasteiger partial charge in [0, 0.05) is 30.5 Å². The molecule has 0 saturated heterocycles. The summed E-state index contributed by atoms with van der Waals surface area (Å²) in [7, 11) is -3.75. The molecule has 3 N–H and O–H groups in total. The number of rotatable bonds is 9. The van der Waals surface area contributed by atoms with E-state index in [4.69, 9.17) is 9.47 Å². The van der Waals surface area contributed by atoms with Gasteiger partial charge in [-0.1, -0.05) is 0 Å². The maximum absolute atomic E-state index is 14.0. The van der Waals surface area contributed by atoms with Crippen molar-refractivity contribution < 1.29 is 55.2 Å². The highest BCUT2D eigenvalue weighted by Crippen LogP contribution is 2.48. The lowest BCUT2D eigenvalue weighted by Crippen LogP contribution is -2.65. The van der Waals surface area contributed by atoms with Gasteiger partial charge in [-0.15, -0.1) is 8.78 Å². The zero-order chi connectivity index (χ0) is 28.9. The molecule has 1 atom stereocenters. The number of carbonyl (C=O) groups excluding carboxylic acids is 2. The Labute approximate surface area is 225 Å². The van der Waals surface area contributed by atoms with Crippen LogP contribution in [0.2, 0.25) is 0 Å². The maximum Gasteiger partial charge on any atom is 0.586 e. The van der Waals surface area contributed by atoms with Gasteiger partial charge < -0.3 is 34.7 Å². The molecule has 15 heteroatoms. The first kappa shape index (κ1) is 27.6. The first-order chi connectivity index (χ1) is 18.7. The molecule has 2 aromatic rings. The van der Waals surface area contributed by atoms with Crippen LogP contribution in [0.5, 0.6) is 23.0 Å². The van der Waals surface area contributed by atoms with Crippen LogP contribution in [0.3, 0.4) is 0 Å². The number of nitrogens with one attached hydrogen (secondary N) is 2. The van der Waals surface area contributed by atoms with Gasteiger partial charge in [-0.3, -0.25) is 9.59 Å². The molecule has 1 heterocycles. The number of carbonyl (C=O) groups is 2. The topological polar surface area (TPSA) is 149 Å². The van der Waals surface area contributed by atoms with Gasteiger partial charge in [-0.25, -0.2) is 12.8 Å². The lowest BCUT2D eigenvalue weighted by molar-refractivity contribution is -0.286. The Kier molecular flexibility index (Phi) is 6.82. The third kappa shape index (κ3) is 5.65. The Balaban J connectivity index is 1.10. The van der Waals surface area contributed by atoms with Gasteiger partial charge in [0.15, 0.2) is 34.6 Å². The normalized spacial score (nSPS) is 22.3. The first-order valence-corrected chi connectivity index (χ1v) is 13.8. The molecule has 1 aliphatic heterocycles. The van der Waals surface area contributed by atoms with Crippen molar-refractivity contribution in [3.05, 3.63) is 53.5 Å². The Bertz CT molecular complexity index is 1520. The van der Waals surface area contributed by atoms with E-state index >= 15 is 0 Å². The molecule has 1 fully saturated rings. The molecule has 0 unspecified atom stereocenters. The molecule has 40 heavy (non-hydrogen) atoms. The molecular weight excluding hydrogens is 561 g/mol. The van der Waals surface area contributed by atoms with Gasteiger partial charge in [-0.05, 0) is 42.7 Å². The van der Waals surface area contributed by atoms with Gasteiger partial charge in [0.1, 0.15) is 22.2 Å². The number of fused-ring (bicyclic) bond motifs is 3. The second-order valence-corrected chi connectivity index (χ2v) is 11.6. The van der Waals surface area contributed by atoms with E-state index in [1.807, 2.05) is 0 Å². The summed E-state index contributed by atoms with van der Waals surface area (Å²) >= 11 is 0. The Hall–Kier alpha value is -3.98. The molecule has 2 amide bonds. The number of sulfone groups is 1. The van der Waals surface area contributed by atoms with E-state index in [9.17, 15) is 36.3 Å². The Morgan fingerprint density at radius 2 is 1.65 bits per heavy atom. The second kappa shape index (κ2) is 9.89. The first-order valence-electron chi connectivity index (χ1n) is 11.9. The SMILES string of the molecule is CS(=O)(=O)c1ccc(OCC(=O)NC2=C3CC(NC(=O)COc4ccc5c(c4)OC(F)(F)O5)(C3)[C@@H](O)C2)cc1F. The summed E-state index contributed by atoms with van der Waals surface area (Å²) in [6, 6.07) is 6.88. The minimum atomic E-state index is -3.77. The lowest BCUT2D eigenvalue weighted by Gasteiger charge is -2.52. The summed E-state index contributed by atoms with van der Waals surface area (Å²) in [5, 5.41) is 16.1.